The first-order valence-electron chi connectivity index (χ1n) is 10.8. The predicted molar refractivity (Wildman–Crippen MR) is 126 cm³/mol. The summed E-state index contributed by atoms with van der Waals surface area (Å²) in [5, 5.41) is 24.6. The number of piperidine rings is 1. The minimum absolute atomic E-state index is 0.0904. The number of aliphatic hydroxyl groups excluding tert-OH is 1. The van der Waals surface area contributed by atoms with Crippen molar-refractivity contribution in [2.75, 3.05) is 30.4 Å². The van der Waals surface area contributed by atoms with Crippen molar-refractivity contribution in [3.8, 4) is 17.0 Å². The van der Waals surface area contributed by atoms with Crippen LogP contribution in [0.3, 0.4) is 0 Å². The lowest BCUT2D eigenvalue weighted by molar-refractivity contribution is -0.384. The third kappa shape index (κ3) is 4.96. The zero-order valence-electron chi connectivity index (χ0n) is 18.8. The topological polar surface area (TPSA) is 157 Å². The number of halogens is 1. The van der Waals surface area contributed by atoms with Gasteiger partial charge in [-0.1, -0.05) is 6.07 Å². The van der Waals surface area contributed by atoms with Crippen LogP contribution >= 0.6 is 0 Å². The molecule has 0 radical (unpaired) electrons. The molecule has 1 aliphatic rings. The van der Waals surface area contributed by atoms with Gasteiger partial charge in [0.15, 0.2) is 5.69 Å². The zero-order valence-corrected chi connectivity index (χ0v) is 18.8. The van der Waals surface area contributed by atoms with Crippen molar-refractivity contribution in [1.29, 1.82) is 0 Å². The van der Waals surface area contributed by atoms with Gasteiger partial charge in [-0.3, -0.25) is 14.9 Å². The van der Waals surface area contributed by atoms with Crippen LogP contribution < -0.4 is 20.7 Å². The van der Waals surface area contributed by atoms with E-state index in [-0.39, 0.29) is 34.2 Å². The summed E-state index contributed by atoms with van der Waals surface area (Å²) in [5.74, 6) is -0.876. The molecule has 0 aliphatic carbocycles. The summed E-state index contributed by atoms with van der Waals surface area (Å²) in [7, 11) is 1.33. The molecule has 1 atom stereocenters. The van der Waals surface area contributed by atoms with Gasteiger partial charge in [-0.05, 0) is 31.0 Å². The molecule has 4 rings (SSSR count). The normalized spacial score (nSPS) is 15.5. The number of nitrogens with one attached hydrogen (secondary N) is 1. The fraction of sp³-hybridized carbons (Fsp3) is 0.261. The zero-order chi connectivity index (χ0) is 25.1. The molecular formula is C23H23FN6O5. The Morgan fingerprint density at radius 3 is 2.83 bits per heavy atom. The first kappa shape index (κ1) is 23.8. The summed E-state index contributed by atoms with van der Waals surface area (Å²) in [6, 6.07) is 8.22. The van der Waals surface area contributed by atoms with Crippen LogP contribution in [-0.4, -0.2) is 52.2 Å². The number of pyridine rings is 2. The number of methoxy groups -OCH3 is 1. The molecule has 3 aromatic rings. The van der Waals surface area contributed by atoms with Gasteiger partial charge in [0.25, 0.3) is 11.6 Å². The summed E-state index contributed by atoms with van der Waals surface area (Å²) in [5.41, 5.74) is 5.43. The number of ether oxygens (including phenoxy) is 1. The number of carbonyl (C=O) groups is 1. The molecule has 182 valence electrons. The summed E-state index contributed by atoms with van der Waals surface area (Å²) < 4.78 is 19.9. The Kier molecular flexibility index (Phi) is 6.73. The summed E-state index contributed by atoms with van der Waals surface area (Å²) in [4.78, 5) is 33.3. The van der Waals surface area contributed by atoms with Crippen molar-refractivity contribution in [3.05, 3.63) is 64.1 Å². The predicted octanol–water partition coefficient (Wildman–Crippen LogP) is 3.00. The van der Waals surface area contributed by atoms with Gasteiger partial charge in [-0.25, -0.2) is 14.4 Å². The van der Waals surface area contributed by atoms with Crippen LogP contribution in [0.2, 0.25) is 0 Å². The van der Waals surface area contributed by atoms with Gasteiger partial charge in [-0.2, -0.15) is 0 Å². The highest BCUT2D eigenvalue weighted by Crippen LogP contribution is 2.38. The monoisotopic (exact) mass is 482 g/mol. The van der Waals surface area contributed by atoms with Crippen molar-refractivity contribution in [2.45, 2.75) is 18.9 Å². The van der Waals surface area contributed by atoms with Gasteiger partial charge < -0.3 is 25.8 Å². The van der Waals surface area contributed by atoms with E-state index in [1.807, 2.05) is 4.90 Å². The summed E-state index contributed by atoms with van der Waals surface area (Å²) in [6.07, 6.45) is 2.17. The van der Waals surface area contributed by atoms with Crippen molar-refractivity contribution < 1.29 is 24.0 Å². The van der Waals surface area contributed by atoms with Crippen LogP contribution in [-0.2, 0) is 0 Å². The van der Waals surface area contributed by atoms with Crippen LogP contribution in [0.1, 0.15) is 23.2 Å². The molecule has 1 aromatic carbocycles. The fourth-order valence-electron chi connectivity index (χ4n) is 4.03. The van der Waals surface area contributed by atoms with E-state index < -0.39 is 28.4 Å². The van der Waals surface area contributed by atoms with Gasteiger partial charge >= 0.3 is 0 Å². The molecule has 35 heavy (non-hydrogen) atoms. The number of nitro groups is 1. The maximum absolute atomic E-state index is 14.7. The molecule has 0 saturated carbocycles. The van der Waals surface area contributed by atoms with Crippen molar-refractivity contribution in [3.63, 3.8) is 0 Å². The molecule has 3 heterocycles. The minimum Gasteiger partial charge on any atom is -0.496 e. The number of nitrogens with two attached hydrogens (primary N) is 1. The average molecular weight is 482 g/mol. The molecule has 1 amide bonds. The van der Waals surface area contributed by atoms with Gasteiger partial charge in [0.1, 0.15) is 23.2 Å². The van der Waals surface area contributed by atoms with Gasteiger partial charge in [-0.15, -0.1) is 0 Å². The van der Waals surface area contributed by atoms with Crippen LogP contribution in [0.25, 0.3) is 11.3 Å². The quantitative estimate of drug-likeness (QED) is 0.340. The largest absolute Gasteiger partial charge is 0.496 e. The second-order valence-electron chi connectivity index (χ2n) is 7.96. The lowest BCUT2D eigenvalue weighted by atomic mass is 10.1. The molecule has 0 spiro atoms. The third-order valence-electron chi connectivity index (χ3n) is 5.64. The van der Waals surface area contributed by atoms with E-state index in [4.69, 9.17) is 10.5 Å². The number of hydrogen-bond donors (Lipinski definition) is 3. The number of nitrogens with zero attached hydrogens (tertiary/aromatic N) is 4. The highest BCUT2D eigenvalue weighted by molar-refractivity contribution is 5.99. The smallest absolute Gasteiger partial charge is 0.295 e. The average Bonchev–Trinajstić information content (AvgIpc) is 2.83. The molecular weight excluding hydrogens is 459 g/mol. The highest BCUT2D eigenvalue weighted by Gasteiger charge is 2.25. The standard InChI is InChI=1S/C23H23FN6O5/c1-35-18-6-2-5-15(24)21(18)22-16(30(33)34)7-8-19(28-22)27-20-10-17(14(11-26-20)23(25)32)29-9-3-4-13(31)12-29/h2,5-8,10-11,13,31H,3-4,9,12H2,1H3,(H2,25,32)(H,26,27,28)/t13-/m0/s1. The lowest BCUT2D eigenvalue weighted by Crippen LogP contribution is -2.39. The first-order chi connectivity index (χ1) is 16.8. The number of primary amides is 1. The summed E-state index contributed by atoms with van der Waals surface area (Å²) in [6.45, 7) is 0.949. The molecule has 2 aromatic heterocycles. The highest BCUT2D eigenvalue weighted by atomic mass is 19.1. The number of β-amino-alcohol motifs (C(OH)–C–C–N with tert-alkyl or cyclic N) is 1. The molecule has 0 bridgehead atoms. The SMILES string of the molecule is COc1cccc(F)c1-c1nc(Nc2cc(N3CCC[C@H](O)C3)c(C(N)=O)cn2)ccc1[N+](=O)[O-]. The molecule has 1 fully saturated rings. The number of anilines is 3. The third-order valence-corrected chi connectivity index (χ3v) is 5.64. The van der Waals surface area contributed by atoms with E-state index in [0.717, 1.165) is 12.5 Å². The molecule has 1 saturated heterocycles. The van der Waals surface area contributed by atoms with Crippen LogP contribution in [0, 0.1) is 15.9 Å². The van der Waals surface area contributed by atoms with Crippen LogP contribution in [0.15, 0.2) is 42.6 Å². The molecule has 0 unspecified atom stereocenters. The number of rotatable bonds is 7. The maximum atomic E-state index is 14.7. The number of amides is 1. The Morgan fingerprint density at radius 1 is 1.34 bits per heavy atom. The molecule has 4 N–H and O–H groups in total. The number of hydrogen-bond acceptors (Lipinski definition) is 9. The van der Waals surface area contributed by atoms with Crippen molar-refractivity contribution >= 4 is 28.9 Å². The second-order valence-corrected chi connectivity index (χ2v) is 7.96. The fourth-order valence-corrected chi connectivity index (χ4v) is 4.03. The van der Waals surface area contributed by atoms with E-state index in [1.165, 1.54) is 37.6 Å². The maximum Gasteiger partial charge on any atom is 0.295 e. The number of benzene rings is 1. The number of aliphatic hydroxyl groups is 1. The van der Waals surface area contributed by atoms with Crippen LogP contribution in [0.5, 0.6) is 5.75 Å². The Morgan fingerprint density at radius 2 is 2.14 bits per heavy atom. The van der Waals surface area contributed by atoms with Gasteiger partial charge in [0, 0.05) is 31.4 Å². The van der Waals surface area contributed by atoms with Crippen LogP contribution in [0.4, 0.5) is 27.4 Å². The Labute approximate surface area is 199 Å². The number of carbonyl (C=O) groups excluding carboxylic acids is 1. The van der Waals surface area contributed by atoms with E-state index in [1.54, 1.807) is 6.07 Å². The molecule has 12 heteroatoms. The number of aromatic nitrogens is 2. The Hall–Kier alpha value is -4.32. The van der Waals surface area contributed by atoms with Gasteiger partial charge in [0.05, 0.1) is 35.0 Å². The molecule has 11 nitrogen and oxygen atoms in total. The van der Waals surface area contributed by atoms with E-state index >= 15 is 0 Å². The lowest BCUT2D eigenvalue weighted by Gasteiger charge is -2.33. The Bertz CT molecular complexity index is 1290. The van der Waals surface area contributed by atoms with Gasteiger partial charge in [0.2, 0.25) is 0 Å². The Balaban J connectivity index is 1.75. The molecule has 1 aliphatic heterocycles. The van der Waals surface area contributed by atoms with Crippen molar-refractivity contribution in [2.24, 2.45) is 5.73 Å². The van der Waals surface area contributed by atoms with E-state index in [0.29, 0.717) is 25.2 Å². The van der Waals surface area contributed by atoms with Crippen molar-refractivity contribution in [1.82, 2.24) is 9.97 Å². The van der Waals surface area contributed by atoms with E-state index in [9.17, 15) is 24.4 Å². The van der Waals surface area contributed by atoms with E-state index in [2.05, 4.69) is 15.3 Å². The second kappa shape index (κ2) is 9.89. The minimum atomic E-state index is -0.730. The first-order valence-corrected chi connectivity index (χ1v) is 10.8. The summed E-state index contributed by atoms with van der Waals surface area (Å²) >= 11 is 0.